The minimum atomic E-state index is -0.589. The summed E-state index contributed by atoms with van der Waals surface area (Å²) in [6.07, 6.45) is 2.01. The van der Waals surface area contributed by atoms with Gasteiger partial charge < -0.3 is 21.1 Å². The quantitative estimate of drug-likeness (QED) is 0.644. The van der Waals surface area contributed by atoms with Gasteiger partial charge in [0.2, 0.25) is 0 Å². The number of carbonyl (C=O) groups excluding carboxylic acids is 1. The first kappa shape index (κ1) is 20.3. The van der Waals surface area contributed by atoms with E-state index in [-0.39, 0.29) is 11.6 Å². The van der Waals surface area contributed by atoms with Crippen molar-refractivity contribution in [2.24, 2.45) is 5.73 Å². The molecule has 0 bridgehead atoms. The van der Waals surface area contributed by atoms with Gasteiger partial charge in [-0.3, -0.25) is 4.79 Å². The van der Waals surface area contributed by atoms with Crippen LogP contribution < -0.4 is 16.2 Å². The third-order valence-electron chi connectivity index (χ3n) is 5.33. The van der Waals surface area contributed by atoms with Crippen LogP contribution in [0.3, 0.4) is 0 Å². The monoisotopic (exact) mass is 425 g/mol. The molecule has 1 atom stereocenters. The first-order valence-electron chi connectivity index (χ1n) is 9.83. The third-order valence-corrected chi connectivity index (χ3v) is 5.64. The van der Waals surface area contributed by atoms with E-state index in [4.69, 9.17) is 27.8 Å². The van der Waals surface area contributed by atoms with Crippen LogP contribution in [-0.4, -0.2) is 40.7 Å². The molecular weight excluding hydrogens is 402 g/mol. The number of hydrogen-bond donors (Lipinski definition) is 2. The van der Waals surface area contributed by atoms with Gasteiger partial charge in [0.1, 0.15) is 28.6 Å². The van der Waals surface area contributed by atoms with Gasteiger partial charge in [-0.25, -0.2) is 4.68 Å². The predicted molar refractivity (Wildman–Crippen MR) is 118 cm³/mol. The van der Waals surface area contributed by atoms with Crippen LogP contribution in [0, 0.1) is 0 Å². The molecule has 1 aliphatic heterocycles. The van der Waals surface area contributed by atoms with Crippen molar-refractivity contribution in [3.63, 3.8) is 0 Å². The lowest BCUT2D eigenvalue weighted by Gasteiger charge is -2.30. The Bertz CT molecular complexity index is 1060. The van der Waals surface area contributed by atoms with Gasteiger partial charge in [-0.05, 0) is 62.8 Å². The van der Waals surface area contributed by atoms with E-state index < -0.39 is 5.91 Å². The highest BCUT2D eigenvalue weighted by Gasteiger charge is 2.27. The predicted octanol–water partition coefficient (Wildman–Crippen LogP) is 3.94. The molecule has 8 heteroatoms. The van der Waals surface area contributed by atoms with Crippen LogP contribution in [0.15, 0.2) is 48.5 Å². The highest BCUT2D eigenvalue weighted by Crippen LogP contribution is 2.34. The van der Waals surface area contributed by atoms with Crippen molar-refractivity contribution in [1.29, 1.82) is 0 Å². The number of halogens is 1. The number of nitrogen functional groups attached to an aromatic ring is 1. The summed E-state index contributed by atoms with van der Waals surface area (Å²) in [6, 6.07) is 14.6. The average Bonchev–Trinajstić information content (AvgIpc) is 3.08. The molecule has 2 aromatic carbocycles. The minimum absolute atomic E-state index is 0.110. The van der Waals surface area contributed by atoms with E-state index in [0.717, 1.165) is 31.5 Å². The second-order valence-corrected chi connectivity index (χ2v) is 7.94. The van der Waals surface area contributed by atoms with Crippen molar-refractivity contribution in [1.82, 2.24) is 14.7 Å². The molecule has 0 radical (unpaired) electrons. The highest BCUT2D eigenvalue weighted by atomic mass is 35.5. The topological polar surface area (TPSA) is 99.4 Å². The van der Waals surface area contributed by atoms with E-state index in [1.807, 2.05) is 24.3 Å². The summed E-state index contributed by atoms with van der Waals surface area (Å²) in [7, 11) is 2.07. The Hall–Kier alpha value is -3.03. The van der Waals surface area contributed by atoms with Gasteiger partial charge in [0.15, 0.2) is 0 Å². The second-order valence-electron chi connectivity index (χ2n) is 7.53. The van der Waals surface area contributed by atoms with Crippen LogP contribution in [0.25, 0.3) is 11.3 Å². The number of anilines is 1. The fourth-order valence-corrected chi connectivity index (χ4v) is 4.02. The zero-order valence-electron chi connectivity index (χ0n) is 16.7. The molecular formula is C22H24ClN5O2. The molecule has 30 heavy (non-hydrogen) atoms. The number of likely N-dealkylation sites (N-methyl/N-ethyl adjacent to an activating group) is 1. The Kier molecular flexibility index (Phi) is 5.65. The van der Waals surface area contributed by atoms with Gasteiger partial charge in [0.25, 0.3) is 5.91 Å². The van der Waals surface area contributed by atoms with Gasteiger partial charge in [-0.2, -0.15) is 5.10 Å². The SMILES string of the molecule is CN1CCCC(n2nc(-c3ccc(Oc4ccccc4Cl)cc3)c(C(N)=O)c2N)C1. The van der Waals surface area contributed by atoms with E-state index in [1.54, 1.807) is 28.9 Å². The summed E-state index contributed by atoms with van der Waals surface area (Å²) in [4.78, 5) is 14.4. The number of primary amides is 1. The van der Waals surface area contributed by atoms with Crippen molar-refractivity contribution < 1.29 is 9.53 Å². The number of benzene rings is 2. The molecule has 3 aromatic rings. The fraction of sp³-hybridized carbons (Fsp3) is 0.273. The number of hydrogen-bond acceptors (Lipinski definition) is 5. The number of rotatable bonds is 5. The second kappa shape index (κ2) is 8.38. The Balaban J connectivity index is 1.65. The first-order chi connectivity index (χ1) is 14.4. The smallest absolute Gasteiger partial charge is 0.254 e. The molecule has 1 unspecified atom stereocenters. The van der Waals surface area contributed by atoms with Crippen LogP contribution in [0.2, 0.25) is 5.02 Å². The minimum Gasteiger partial charge on any atom is -0.456 e. The summed E-state index contributed by atoms with van der Waals surface area (Å²) in [5.74, 6) is 0.914. The molecule has 0 saturated carbocycles. The summed E-state index contributed by atoms with van der Waals surface area (Å²) in [5, 5.41) is 5.22. The molecule has 1 aromatic heterocycles. The first-order valence-corrected chi connectivity index (χ1v) is 10.2. The lowest BCUT2D eigenvalue weighted by Crippen LogP contribution is -2.34. The summed E-state index contributed by atoms with van der Waals surface area (Å²) < 4.78 is 7.58. The van der Waals surface area contributed by atoms with E-state index in [2.05, 4.69) is 17.0 Å². The number of aromatic nitrogens is 2. The molecule has 4 rings (SSSR count). The molecule has 0 aliphatic carbocycles. The van der Waals surface area contributed by atoms with Crippen molar-refractivity contribution in [2.45, 2.75) is 18.9 Å². The van der Waals surface area contributed by atoms with Crippen LogP contribution >= 0.6 is 11.6 Å². The van der Waals surface area contributed by atoms with Crippen molar-refractivity contribution in [3.8, 4) is 22.8 Å². The fourth-order valence-electron chi connectivity index (χ4n) is 3.84. The lowest BCUT2D eigenvalue weighted by atomic mass is 10.1. The van der Waals surface area contributed by atoms with Crippen LogP contribution in [0.5, 0.6) is 11.5 Å². The average molecular weight is 426 g/mol. The summed E-state index contributed by atoms with van der Waals surface area (Å²) >= 11 is 6.15. The normalized spacial score (nSPS) is 17.1. The number of ether oxygens (including phenoxy) is 1. The van der Waals surface area contributed by atoms with Crippen molar-refractivity contribution in [3.05, 3.63) is 59.1 Å². The van der Waals surface area contributed by atoms with Gasteiger partial charge in [0, 0.05) is 12.1 Å². The Morgan fingerprint density at radius 3 is 2.60 bits per heavy atom. The van der Waals surface area contributed by atoms with Crippen LogP contribution in [0.1, 0.15) is 29.2 Å². The van der Waals surface area contributed by atoms with Crippen LogP contribution in [0.4, 0.5) is 5.82 Å². The maximum absolute atomic E-state index is 12.2. The standard InChI is InChI=1S/C22H24ClN5O2/c1-27-12-4-5-15(13-27)28-21(24)19(22(25)29)20(26-28)14-8-10-16(11-9-14)30-18-7-3-2-6-17(18)23/h2-3,6-11,15H,4-5,12-13,24H2,1H3,(H2,25,29). The van der Waals surface area contributed by atoms with Gasteiger partial charge >= 0.3 is 0 Å². The third kappa shape index (κ3) is 3.99. The summed E-state index contributed by atoms with van der Waals surface area (Å²) in [6.45, 7) is 1.87. The van der Waals surface area contributed by atoms with E-state index in [9.17, 15) is 4.79 Å². The lowest BCUT2D eigenvalue weighted by molar-refractivity contribution is 0.100. The molecule has 156 valence electrons. The van der Waals surface area contributed by atoms with Crippen molar-refractivity contribution >= 4 is 23.3 Å². The Morgan fingerprint density at radius 1 is 1.20 bits per heavy atom. The van der Waals surface area contributed by atoms with E-state index in [0.29, 0.717) is 28.0 Å². The zero-order chi connectivity index (χ0) is 21.3. The number of piperidine rings is 1. The number of amides is 1. The van der Waals surface area contributed by atoms with Gasteiger partial charge in [-0.15, -0.1) is 0 Å². The Labute approximate surface area is 180 Å². The number of para-hydroxylation sites is 1. The number of nitrogens with two attached hydrogens (primary N) is 2. The zero-order valence-corrected chi connectivity index (χ0v) is 17.5. The number of likely N-dealkylation sites (tertiary alicyclic amines) is 1. The maximum Gasteiger partial charge on any atom is 0.254 e. The number of carbonyl (C=O) groups is 1. The molecule has 2 heterocycles. The molecule has 1 saturated heterocycles. The van der Waals surface area contributed by atoms with Gasteiger partial charge in [-0.1, -0.05) is 23.7 Å². The van der Waals surface area contributed by atoms with Gasteiger partial charge in [0.05, 0.1) is 11.1 Å². The highest BCUT2D eigenvalue weighted by molar-refractivity contribution is 6.32. The van der Waals surface area contributed by atoms with E-state index >= 15 is 0 Å². The molecule has 1 aliphatic rings. The molecule has 0 spiro atoms. The maximum atomic E-state index is 12.2. The summed E-state index contributed by atoms with van der Waals surface area (Å²) in [5.41, 5.74) is 13.4. The van der Waals surface area contributed by atoms with Crippen LogP contribution in [-0.2, 0) is 0 Å². The molecule has 4 N–H and O–H groups in total. The van der Waals surface area contributed by atoms with E-state index in [1.165, 1.54) is 0 Å². The molecule has 1 fully saturated rings. The largest absolute Gasteiger partial charge is 0.456 e. The van der Waals surface area contributed by atoms with Crippen molar-refractivity contribution in [2.75, 3.05) is 25.9 Å². The molecule has 7 nitrogen and oxygen atoms in total. The molecule has 1 amide bonds. The Morgan fingerprint density at radius 2 is 1.93 bits per heavy atom. The number of nitrogens with zero attached hydrogens (tertiary/aromatic N) is 3.